The van der Waals surface area contributed by atoms with Crippen LogP contribution in [0.2, 0.25) is 5.02 Å². The summed E-state index contributed by atoms with van der Waals surface area (Å²) in [7, 11) is 3.02. The Morgan fingerprint density at radius 3 is 2.38 bits per heavy atom. The molecule has 110 valence electrons. The first-order valence-electron chi connectivity index (χ1n) is 6.51. The van der Waals surface area contributed by atoms with Gasteiger partial charge in [-0.3, -0.25) is 4.79 Å². The highest BCUT2D eigenvalue weighted by molar-refractivity contribution is 6.33. The summed E-state index contributed by atoms with van der Waals surface area (Å²) in [4.78, 5) is 12.7. The Kier molecular flexibility index (Phi) is 4.53. The molecule has 0 N–H and O–H groups in total. The minimum Gasteiger partial charge on any atom is -0.493 e. The molecule has 0 spiro atoms. The smallest absolute Gasteiger partial charge is 0.193 e. The summed E-state index contributed by atoms with van der Waals surface area (Å²) in [6.07, 6.45) is 0. The van der Waals surface area contributed by atoms with Crippen LogP contribution in [-0.4, -0.2) is 20.0 Å². The van der Waals surface area contributed by atoms with Crippen LogP contribution in [0.1, 0.15) is 27.0 Å². The predicted molar refractivity (Wildman–Crippen MR) is 83.9 cm³/mol. The molecule has 4 heteroatoms. The molecular formula is C17H17ClO3. The fraction of sp³-hybridized carbons (Fsp3) is 0.235. The zero-order valence-electron chi connectivity index (χ0n) is 12.5. The van der Waals surface area contributed by atoms with Gasteiger partial charge in [-0.2, -0.15) is 0 Å². The van der Waals surface area contributed by atoms with Gasteiger partial charge in [0.25, 0.3) is 0 Å². The fourth-order valence-electron chi connectivity index (χ4n) is 2.18. The Hall–Kier alpha value is -2.00. The van der Waals surface area contributed by atoms with Gasteiger partial charge in [0.2, 0.25) is 0 Å². The average Bonchev–Trinajstić information content (AvgIpc) is 2.48. The summed E-state index contributed by atoms with van der Waals surface area (Å²) in [6.45, 7) is 3.87. The number of methoxy groups -OCH3 is 2. The highest BCUT2D eigenvalue weighted by atomic mass is 35.5. The molecule has 0 heterocycles. The van der Waals surface area contributed by atoms with Gasteiger partial charge in [0.05, 0.1) is 19.2 Å². The first-order valence-corrected chi connectivity index (χ1v) is 6.89. The van der Waals surface area contributed by atoms with Crippen LogP contribution in [0.4, 0.5) is 0 Å². The van der Waals surface area contributed by atoms with Gasteiger partial charge in [-0.05, 0) is 37.6 Å². The van der Waals surface area contributed by atoms with Crippen LogP contribution in [0.15, 0.2) is 30.3 Å². The van der Waals surface area contributed by atoms with E-state index < -0.39 is 0 Å². The highest BCUT2D eigenvalue weighted by Gasteiger charge is 2.17. The minimum atomic E-state index is -0.0842. The molecule has 0 aliphatic heterocycles. The monoisotopic (exact) mass is 304 g/mol. The molecular weight excluding hydrogens is 288 g/mol. The van der Waals surface area contributed by atoms with E-state index in [0.29, 0.717) is 27.6 Å². The molecule has 2 aromatic carbocycles. The topological polar surface area (TPSA) is 35.5 Å². The molecule has 0 aliphatic carbocycles. The van der Waals surface area contributed by atoms with Crippen LogP contribution < -0.4 is 9.47 Å². The lowest BCUT2D eigenvalue weighted by Crippen LogP contribution is -2.05. The zero-order valence-corrected chi connectivity index (χ0v) is 13.2. The molecule has 21 heavy (non-hydrogen) atoms. The second kappa shape index (κ2) is 6.19. The SMILES string of the molecule is COc1cc(C(=O)c2cc(C)ccc2C)cc(Cl)c1OC. The largest absolute Gasteiger partial charge is 0.493 e. The number of carbonyl (C=O) groups is 1. The number of halogens is 1. The molecule has 0 atom stereocenters. The fourth-order valence-corrected chi connectivity index (χ4v) is 2.47. The second-order valence-electron chi connectivity index (χ2n) is 4.84. The van der Waals surface area contributed by atoms with Crippen LogP contribution >= 0.6 is 11.6 Å². The summed E-state index contributed by atoms with van der Waals surface area (Å²) in [5, 5.41) is 0.352. The number of ether oxygens (including phenoxy) is 2. The van der Waals surface area contributed by atoms with Crippen LogP contribution in [0.5, 0.6) is 11.5 Å². The maximum Gasteiger partial charge on any atom is 0.193 e. The van der Waals surface area contributed by atoms with Crippen molar-refractivity contribution < 1.29 is 14.3 Å². The number of aryl methyl sites for hydroxylation is 2. The Morgan fingerprint density at radius 1 is 1.05 bits per heavy atom. The minimum absolute atomic E-state index is 0.0842. The maximum absolute atomic E-state index is 12.7. The van der Waals surface area contributed by atoms with Crippen molar-refractivity contribution in [3.63, 3.8) is 0 Å². The predicted octanol–water partition coefficient (Wildman–Crippen LogP) is 4.21. The molecule has 0 radical (unpaired) electrons. The average molecular weight is 305 g/mol. The molecule has 2 aromatic rings. The van der Waals surface area contributed by atoms with Gasteiger partial charge in [0.15, 0.2) is 17.3 Å². The van der Waals surface area contributed by atoms with Gasteiger partial charge >= 0.3 is 0 Å². The van der Waals surface area contributed by atoms with E-state index in [9.17, 15) is 4.79 Å². The van der Waals surface area contributed by atoms with Crippen molar-refractivity contribution in [1.82, 2.24) is 0 Å². The Bertz CT molecular complexity index is 693. The third kappa shape index (κ3) is 3.03. The van der Waals surface area contributed by atoms with Crippen LogP contribution in [0.25, 0.3) is 0 Å². The Morgan fingerprint density at radius 2 is 1.76 bits per heavy atom. The van der Waals surface area contributed by atoms with Crippen LogP contribution in [-0.2, 0) is 0 Å². The Labute approximate surface area is 129 Å². The van der Waals surface area contributed by atoms with Gasteiger partial charge in [-0.1, -0.05) is 29.3 Å². The van der Waals surface area contributed by atoms with Crippen molar-refractivity contribution in [2.75, 3.05) is 14.2 Å². The van der Waals surface area contributed by atoms with Crippen molar-refractivity contribution in [3.05, 3.63) is 57.6 Å². The number of benzene rings is 2. The number of hydrogen-bond acceptors (Lipinski definition) is 3. The summed E-state index contributed by atoms with van der Waals surface area (Å²) < 4.78 is 10.4. The molecule has 0 aromatic heterocycles. The van der Waals surface area contributed by atoms with Crippen molar-refractivity contribution in [3.8, 4) is 11.5 Å². The number of ketones is 1. The highest BCUT2D eigenvalue weighted by Crippen LogP contribution is 2.36. The van der Waals surface area contributed by atoms with Gasteiger partial charge < -0.3 is 9.47 Å². The van der Waals surface area contributed by atoms with E-state index >= 15 is 0 Å². The van der Waals surface area contributed by atoms with E-state index in [1.807, 2.05) is 32.0 Å². The second-order valence-corrected chi connectivity index (χ2v) is 5.25. The van der Waals surface area contributed by atoms with Gasteiger partial charge in [0.1, 0.15) is 0 Å². The van der Waals surface area contributed by atoms with Gasteiger partial charge in [0, 0.05) is 11.1 Å². The summed E-state index contributed by atoms with van der Waals surface area (Å²) >= 11 is 6.16. The normalized spacial score (nSPS) is 10.3. The molecule has 0 unspecified atom stereocenters. The molecule has 0 aliphatic rings. The van der Waals surface area contributed by atoms with E-state index in [1.54, 1.807) is 12.1 Å². The molecule has 0 fully saturated rings. The van der Waals surface area contributed by atoms with E-state index in [0.717, 1.165) is 11.1 Å². The van der Waals surface area contributed by atoms with Gasteiger partial charge in [-0.15, -0.1) is 0 Å². The molecule has 0 saturated heterocycles. The standard InChI is InChI=1S/C17H17ClO3/c1-10-5-6-11(2)13(7-10)16(19)12-8-14(18)17(21-4)15(9-12)20-3/h5-9H,1-4H3. The van der Waals surface area contributed by atoms with E-state index in [4.69, 9.17) is 21.1 Å². The Balaban J connectivity index is 2.53. The van der Waals surface area contributed by atoms with Crippen LogP contribution in [0, 0.1) is 13.8 Å². The van der Waals surface area contributed by atoms with Crippen molar-refractivity contribution >= 4 is 17.4 Å². The number of carbonyl (C=O) groups excluding carboxylic acids is 1. The molecule has 0 saturated carbocycles. The maximum atomic E-state index is 12.7. The molecule has 3 nitrogen and oxygen atoms in total. The third-order valence-corrected chi connectivity index (χ3v) is 3.61. The van der Waals surface area contributed by atoms with Crippen molar-refractivity contribution in [2.45, 2.75) is 13.8 Å². The van der Waals surface area contributed by atoms with Crippen LogP contribution in [0.3, 0.4) is 0 Å². The summed E-state index contributed by atoms with van der Waals surface area (Å²) in [5.74, 6) is 0.786. The molecule has 0 amide bonds. The molecule has 2 rings (SSSR count). The lowest BCUT2D eigenvalue weighted by atomic mass is 9.97. The first-order chi connectivity index (χ1) is 9.97. The van der Waals surface area contributed by atoms with E-state index in [2.05, 4.69) is 0 Å². The van der Waals surface area contributed by atoms with E-state index in [1.165, 1.54) is 14.2 Å². The summed E-state index contributed by atoms with van der Waals surface area (Å²) in [5.41, 5.74) is 3.11. The quantitative estimate of drug-likeness (QED) is 0.794. The molecule has 0 bridgehead atoms. The lowest BCUT2D eigenvalue weighted by molar-refractivity contribution is 0.103. The van der Waals surface area contributed by atoms with Gasteiger partial charge in [-0.25, -0.2) is 0 Å². The zero-order chi connectivity index (χ0) is 15.6. The lowest BCUT2D eigenvalue weighted by Gasteiger charge is -2.12. The number of hydrogen-bond donors (Lipinski definition) is 0. The number of rotatable bonds is 4. The first kappa shape index (κ1) is 15.4. The van der Waals surface area contributed by atoms with E-state index in [-0.39, 0.29) is 5.78 Å². The van der Waals surface area contributed by atoms with Crippen molar-refractivity contribution in [2.24, 2.45) is 0 Å². The summed E-state index contributed by atoms with van der Waals surface area (Å²) in [6, 6.07) is 9.04. The van der Waals surface area contributed by atoms with Crippen molar-refractivity contribution in [1.29, 1.82) is 0 Å². The third-order valence-electron chi connectivity index (χ3n) is 3.33.